The van der Waals surface area contributed by atoms with Gasteiger partial charge in [-0.25, -0.2) is 5.43 Å². The van der Waals surface area contributed by atoms with E-state index in [2.05, 4.69) is 68.9 Å². The molecule has 0 bridgehead atoms. The quantitative estimate of drug-likeness (QED) is 0.794. The molecule has 0 saturated heterocycles. The normalized spacial score (nSPS) is 25.1. The standard InChI is InChI=1S/C14H20N2/c1-10(2)14(4)13(11(3)15-16-14)12-8-6-5-7-9-12/h5-10,15-16H,1-4H3. The summed E-state index contributed by atoms with van der Waals surface area (Å²) >= 11 is 0. The second-order valence-electron chi connectivity index (χ2n) is 4.97. The molecule has 2 nitrogen and oxygen atoms in total. The molecule has 1 aromatic carbocycles. The van der Waals surface area contributed by atoms with Crippen LogP contribution in [0.2, 0.25) is 0 Å². The van der Waals surface area contributed by atoms with Gasteiger partial charge >= 0.3 is 0 Å². The van der Waals surface area contributed by atoms with Crippen LogP contribution < -0.4 is 10.9 Å². The van der Waals surface area contributed by atoms with Crippen molar-refractivity contribution in [2.75, 3.05) is 0 Å². The average Bonchev–Trinajstić information content (AvgIpc) is 2.57. The molecule has 1 heterocycles. The highest BCUT2D eigenvalue weighted by atomic mass is 15.4. The first-order valence-corrected chi connectivity index (χ1v) is 5.85. The Bertz CT molecular complexity index is 406. The van der Waals surface area contributed by atoms with Gasteiger partial charge in [-0.3, -0.25) is 0 Å². The number of allylic oxidation sites excluding steroid dienone is 1. The van der Waals surface area contributed by atoms with Crippen molar-refractivity contribution in [2.24, 2.45) is 5.92 Å². The fourth-order valence-corrected chi connectivity index (χ4v) is 2.29. The van der Waals surface area contributed by atoms with Gasteiger partial charge in [0.05, 0.1) is 5.54 Å². The Hall–Kier alpha value is -1.28. The van der Waals surface area contributed by atoms with Crippen LogP contribution in [-0.4, -0.2) is 5.54 Å². The van der Waals surface area contributed by atoms with Gasteiger partial charge in [-0.15, -0.1) is 0 Å². The fraction of sp³-hybridized carbons (Fsp3) is 0.429. The first-order valence-electron chi connectivity index (χ1n) is 5.85. The van der Waals surface area contributed by atoms with E-state index in [4.69, 9.17) is 0 Å². The van der Waals surface area contributed by atoms with E-state index in [9.17, 15) is 0 Å². The minimum Gasteiger partial charge on any atom is -0.325 e. The molecular formula is C14H20N2. The predicted molar refractivity (Wildman–Crippen MR) is 68.6 cm³/mol. The van der Waals surface area contributed by atoms with Gasteiger partial charge in [0, 0.05) is 11.3 Å². The highest BCUT2D eigenvalue weighted by Gasteiger charge is 2.38. The fourth-order valence-electron chi connectivity index (χ4n) is 2.29. The maximum atomic E-state index is 3.41. The number of benzene rings is 1. The minimum absolute atomic E-state index is 0.00539. The van der Waals surface area contributed by atoms with Crippen molar-refractivity contribution in [3.8, 4) is 0 Å². The minimum atomic E-state index is 0.00539. The van der Waals surface area contributed by atoms with E-state index in [0.29, 0.717) is 5.92 Å². The Kier molecular flexibility index (Phi) is 2.76. The zero-order chi connectivity index (χ0) is 11.8. The van der Waals surface area contributed by atoms with Crippen molar-refractivity contribution in [1.82, 2.24) is 10.9 Å². The lowest BCUT2D eigenvalue weighted by atomic mass is 9.79. The van der Waals surface area contributed by atoms with Crippen molar-refractivity contribution >= 4 is 5.57 Å². The van der Waals surface area contributed by atoms with E-state index in [1.54, 1.807) is 0 Å². The van der Waals surface area contributed by atoms with Gasteiger partial charge in [0.15, 0.2) is 0 Å². The zero-order valence-corrected chi connectivity index (χ0v) is 10.5. The molecule has 0 amide bonds. The smallest absolute Gasteiger partial charge is 0.0637 e. The number of rotatable bonds is 2. The number of hydrazine groups is 1. The molecule has 16 heavy (non-hydrogen) atoms. The van der Waals surface area contributed by atoms with E-state index >= 15 is 0 Å². The van der Waals surface area contributed by atoms with Gasteiger partial charge in [0.25, 0.3) is 0 Å². The summed E-state index contributed by atoms with van der Waals surface area (Å²) in [6.45, 7) is 8.87. The maximum absolute atomic E-state index is 3.41. The monoisotopic (exact) mass is 216 g/mol. The molecule has 2 N–H and O–H groups in total. The van der Waals surface area contributed by atoms with Crippen LogP contribution in [0.15, 0.2) is 36.0 Å². The molecule has 2 rings (SSSR count). The summed E-state index contributed by atoms with van der Waals surface area (Å²) in [6, 6.07) is 10.6. The van der Waals surface area contributed by atoms with Crippen molar-refractivity contribution in [3.63, 3.8) is 0 Å². The summed E-state index contributed by atoms with van der Waals surface area (Å²) in [5.74, 6) is 0.535. The van der Waals surface area contributed by atoms with Gasteiger partial charge in [-0.05, 0) is 25.3 Å². The summed E-state index contributed by atoms with van der Waals surface area (Å²) < 4.78 is 0. The lowest BCUT2D eigenvalue weighted by molar-refractivity contribution is 0.338. The zero-order valence-electron chi connectivity index (χ0n) is 10.5. The van der Waals surface area contributed by atoms with Crippen molar-refractivity contribution in [2.45, 2.75) is 33.2 Å². The highest BCUT2D eigenvalue weighted by Crippen LogP contribution is 2.37. The molecule has 1 atom stereocenters. The summed E-state index contributed by atoms with van der Waals surface area (Å²) in [5, 5.41) is 0. The van der Waals surface area contributed by atoms with E-state index < -0.39 is 0 Å². The molecule has 0 radical (unpaired) electrons. The highest BCUT2D eigenvalue weighted by molar-refractivity contribution is 5.77. The van der Waals surface area contributed by atoms with Gasteiger partial charge in [-0.1, -0.05) is 44.2 Å². The second kappa shape index (κ2) is 3.95. The van der Waals surface area contributed by atoms with Crippen LogP contribution >= 0.6 is 0 Å². The molecule has 1 unspecified atom stereocenters. The topological polar surface area (TPSA) is 24.1 Å². The average molecular weight is 216 g/mol. The molecular weight excluding hydrogens is 196 g/mol. The molecule has 86 valence electrons. The molecule has 2 heteroatoms. The lowest BCUT2D eigenvalue weighted by Gasteiger charge is -2.32. The first-order chi connectivity index (χ1) is 7.55. The van der Waals surface area contributed by atoms with Crippen LogP contribution in [0.25, 0.3) is 5.57 Å². The summed E-state index contributed by atoms with van der Waals surface area (Å²) in [5.41, 5.74) is 10.6. The molecule has 1 aromatic rings. The Morgan fingerprint density at radius 1 is 1.12 bits per heavy atom. The molecule has 0 fully saturated rings. The molecule has 0 saturated carbocycles. The molecule has 1 aliphatic rings. The van der Waals surface area contributed by atoms with Crippen LogP contribution in [-0.2, 0) is 0 Å². The van der Waals surface area contributed by atoms with Crippen molar-refractivity contribution < 1.29 is 0 Å². The Morgan fingerprint density at radius 2 is 1.75 bits per heavy atom. The van der Waals surface area contributed by atoms with Gasteiger partial charge in [0.1, 0.15) is 0 Å². The molecule has 0 aromatic heterocycles. The maximum Gasteiger partial charge on any atom is 0.0637 e. The van der Waals surface area contributed by atoms with E-state index in [-0.39, 0.29) is 5.54 Å². The van der Waals surface area contributed by atoms with Crippen LogP contribution in [0.3, 0.4) is 0 Å². The summed E-state index contributed by atoms with van der Waals surface area (Å²) in [4.78, 5) is 0. The number of hydrogen-bond donors (Lipinski definition) is 2. The largest absolute Gasteiger partial charge is 0.325 e. The third-order valence-electron chi connectivity index (χ3n) is 3.62. The van der Waals surface area contributed by atoms with Crippen LogP contribution in [0.1, 0.15) is 33.3 Å². The van der Waals surface area contributed by atoms with Gasteiger partial charge in [-0.2, -0.15) is 0 Å². The summed E-state index contributed by atoms with van der Waals surface area (Å²) in [7, 11) is 0. The van der Waals surface area contributed by atoms with Crippen molar-refractivity contribution in [3.05, 3.63) is 41.6 Å². The second-order valence-corrected chi connectivity index (χ2v) is 4.97. The van der Waals surface area contributed by atoms with E-state index in [0.717, 1.165) is 0 Å². The summed E-state index contributed by atoms with van der Waals surface area (Å²) in [6.07, 6.45) is 0. The van der Waals surface area contributed by atoms with E-state index in [1.165, 1.54) is 16.8 Å². The number of hydrogen-bond acceptors (Lipinski definition) is 2. The molecule has 0 spiro atoms. The lowest BCUT2D eigenvalue weighted by Crippen LogP contribution is -2.47. The SMILES string of the molecule is CC1=C(c2ccccc2)C(C)(C(C)C)NN1. The first kappa shape index (κ1) is 11.2. The van der Waals surface area contributed by atoms with Crippen LogP contribution in [0.5, 0.6) is 0 Å². The predicted octanol–water partition coefficient (Wildman–Crippen LogP) is 2.94. The van der Waals surface area contributed by atoms with Crippen LogP contribution in [0, 0.1) is 5.92 Å². The Morgan fingerprint density at radius 3 is 2.31 bits per heavy atom. The van der Waals surface area contributed by atoms with Crippen molar-refractivity contribution in [1.29, 1.82) is 0 Å². The van der Waals surface area contributed by atoms with Gasteiger partial charge in [0.2, 0.25) is 0 Å². The van der Waals surface area contributed by atoms with E-state index in [1.807, 2.05) is 0 Å². The molecule has 1 aliphatic heterocycles. The number of nitrogens with one attached hydrogen (secondary N) is 2. The van der Waals surface area contributed by atoms with Gasteiger partial charge < -0.3 is 5.43 Å². The Balaban J connectivity index is 2.49. The third-order valence-corrected chi connectivity index (χ3v) is 3.62. The third kappa shape index (κ3) is 1.63. The Labute approximate surface area is 97.7 Å². The van der Waals surface area contributed by atoms with Crippen LogP contribution in [0.4, 0.5) is 0 Å². The molecule has 0 aliphatic carbocycles.